The van der Waals surface area contributed by atoms with Crippen molar-refractivity contribution >= 4 is 28.8 Å². The van der Waals surface area contributed by atoms with Gasteiger partial charge < -0.3 is 14.4 Å². The standard InChI is InChI=1S/C12H13FN2O3S/c1-18-6-5-15-9-4-2-3-8(13)11(9)14-12(15)19-7-10(16)17/h2-4H,5-7H2,1H3,(H,16,17). The number of para-hydroxylation sites is 1. The Morgan fingerprint density at radius 2 is 2.37 bits per heavy atom. The van der Waals surface area contributed by atoms with Gasteiger partial charge in [-0.05, 0) is 12.1 Å². The van der Waals surface area contributed by atoms with E-state index in [0.29, 0.717) is 23.8 Å². The van der Waals surface area contributed by atoms with Gasteiger partial charge in [-0.2, -0.15) is 0 Å². The normalized spacial score (nSPS) is 11.1. The van der Waals surface area contributed by atoms with E-state index in [1.165, 1.54) is 6.07 Å². The van der Waals surface area contributed by atoms with E-state index in [2.05, 4.69) is 4.98 Å². The molecule has 1 N–H and O–H groups in total. The molecule has 0 radical (unpaired) electrons. The van der Waals surface area contributed by atoms with Crippen LogP contribution < -0.4 is 0 Å². The molecule has 2 rings (SSSR count). The number of aromatic nitrogens is 2. The highest BCUT2D eigenvalue weighted by atomic mass is 32.2. The maximum absolute atomic E-state index is 13.7. The van der Waals surface area contributed by atoms with Crippen molar-refractivity contribution in [2.24, 2.45) is 0 Å². The van der Waals surface area contributed by atoms with Crippen molar-refractivity contribution in [1.29, 1.82) is 0 Å². The van der Waals surface area contributed by atoms with Gasteiger partial charge in [0.05, 0.1) is 17.9 Å². The Hall–Kier alpha value is -1.60. The lowest BCUT2D eigenvalue weighted by atomic mass is 10.3. The van der Waals surface area contributed by atoms with Gasteiger partial charge in [-0.15, -0.1) is 0 Å². The van der Waals surface area contributed by atoms with E-state index in [1.54, 1.807) is 23.8 Å². The topological polar surface area (TPSA) is 64.3 Å². The minimum absolute atomic E-state index is 0.113. The molecule has 1 heterocycles. The van der Waals surface area contributed by atoms with Gasteiger partial charge >= 0.3 is 5.97 Å². The van der Waals surface area contributed by atoms with E-state index in [0.717, 1.165) is 11.8 Å². The number of carboxylic acid groups (broad SMARTS) is 1. The molecule has 0 saturated heterocycles. The number of thioether (sulfide) groups is 1. The minimum Gasteiger partial charge on any atom is -0.481 e. The first-order chi connectivity index (χ1) is 9.13. The van der Waals surface area contributed by atoms with Gasteiger partial charge in [-0.3, -0.25) is 4.79 Å². The zero-order chi connectivity index (χ0) is 13.8. The highest BCUT2D eigenvalue weighted by Crippen LogP contribution is 2.25. The molecule has 0 aliphatic carbocycles. The van der Waals surface area contributed by atoms with Crippen LogP contribution in [0.15, 0.2) is 23.4 Å². The molecule has 7 heteroatoms. The SMILES string of the molecule is COCCn1c(SCC(=O)O)nc2c(F)cccc21. The second-order valence-corrected chi connectivity index (χ2v) is 4.77. The lowest BCUT2D eigenvalue weighted by molar-refractivity contribution is -0.133. The van der Waals surface area contributed by atoms with Crippen molar-refractivity contribution < 1.29 is 19.0 Å². The maximum atomic E-state index is 13.7. The number of fused-ring (bicyclic) bond motifs is 1. The smallest absolute Gasteiger partial charge is 0.313 e. The molecule has 0 unspecified atom stereocenters. The Kier molecular flexibility index (Phi) is 4.39. The van der Waals surface area contributed by atoms with E-state index in [-0.39, 0.29) is 11.3 Å². The van der Waals surface area contributed by atoms with Gasteiger partial charge in [-0.25, -0.2) is 9.37 Å². The van der Waals surface area contributed by atoms with Crippen molar-refractivity contribution in [1.82, 2.24) is 9.55 Å². The monoisotopic (exact) mass is 284 g/mol. The number of aliphatic carboxylic acids is 1. The van der Waals surface area contributed by atoms with Crippen molar-refractivity contribution in [2.75, 3.05) is 19.5 Å². The van der Waals surface area contributed by atoms with Gasteiger partial charge in [0, 0.05) is 13.7 Å². The summed E-state index contributed by atoms with van der Waals surface area (Å²) in [4.78, 5) is 14.8. The van der Waals surface area contributed by atoms with Crippen LogP contribution in [-0.2, 0) is 16.1 Å². The molecule has 0 amide bonds. The van der Waals surface area contributed by atoms with E-state index in [4.69, 9.17) is 9.84 Å². The number of carboxylic acids is 1. The Balaban J connectivity index is 2.41. The average Bonchev–Trinajstić information content (AvgIpc) is 2.73. The van der Waals surface area contributed by atoms with Gasteiger partial charge in [-0.1, -0.05) is 17.8 Å². The predicted molar refractivity (Wildman–Crippen MR) is 69.9 cm³/mol. The summed E-state index contributed by atoms with van der Waals surface area (Å²) in [5.74, 6) is -1.46. The maximum Gasteiger partial charge on any atom is 0.313 e. The van der Waals surface area contributed by atoms with E-state index >= 15 is 0 Å². The van der Waals surface area contributed by atoms with Crippen molar-refractivity contribution in [3.63, 3.8) is 0 Å². The number of hydrogen-bond donors (Lipinski definition) is 1. The molecule has 0 aliphatic heterocycles. The number of hydrogen-bond acceptors (Lipinski definition) is 4. The highest BCUT2D eigenvalue weighted by Gasteiger charge is 2.14. The Morgan fingerprint density at radius 1 is 1.58 bits per heavy atom. The van der Waals surface area contributed by atoms with Crippen LogP contribution in [0.2, 0.25) is 0 Å². The van der Waals surface area contributed by atoms with Crippen LogP contribution in [0.3, 0.4) is 0 Å². The number of halogens is 1. The van der Waals surface area contributed by atoms with Gasteiger partial charge in [0.1, 0.15) is 5.52 Å². The second kappa shape index (κ2) is 6.03. The van der Waals surface area contributed by atoms with Crippen LogP contribution in [0.1, 0.15) is 0 Å². The molecular weight excluding hydrogens is 271 g/mol. The van der Waals surface area contributed by atoms with Crippen LogP contribution in [-0.4, -0.2) is 40.1 Å². The number of carbonyl (C=O) groups is 1. The molecule has 0 spiro atoms. The number of rotatable bonds is 6. The average molecular weight is 284 g/mol. The number of methoxy groups -OCH3 is 1. The molecule has 0 fully saturated rings. The third kappa shape index (κ3) is 3.05. The van der Waals surface area contributed by atoms with Gasteiger partial charge in [0.25, 0.3) is 0 Å². The molecule has 1 aromatic carbocycles. The lowest BCUT2D eigenvalue weighted by Gasteiger charge is -2.07. The quantitative estimate of drug-likeness (QED) is 0.822. The van der Waals surface area contributed by atoms with Crippen molar-refractivity contribution in [3.8, 4) is 0 Å². The number of ether oxygens (including phenoxy) is 1. The minimum atomic E-state index is -0.934. The van der Waals surface area contributed by atoms with Crippen LogP contribution >= 0.6 is 11.8 Å². The second-order valence-electron chi connectivity index (χ2n) is 3.83. The molecule has 5 nitrogen and oxygen atoms in total. The molecule has 2 aromatic rings. The first-order valence-electron chi connectivity index (χ1n) is 5.61. The number of benzene rings is 1. The Labute approximate surface area is 113 Å². The Bertz CT molecular complexity index is 600. The fourth-order valence-electron chi connectivity index (χ4n) is 1.73. The third-order valence-corrected chi connectivity index (χ3v) is 3.50. The fraction of sp³-hybridized carbons (Fsp3) is 0.333. The predicted octanol–water partition coefficient (Wildman–Crippen LogP) is 2.00. The lowest BCUT2D eigenvalue weighted by Crippen LogP contribution is -2.07. The summed E-state index contributed by atoms with van der Waals surface area (Å²) < 4.78 is 20.4. The Morgan fingerprint density at radius 3 is 3.05 bits per heavy atom. The van der Waals surface area contributed by atoms with Crippen LogP contribution in [0.5, 0.6) is 0 Å². The summed E-state index contributed by atoms with van der Waals surface area (Å²) in [6.07, 6.45) is 0. The fourth-order valence-corrected chi connectivity index (χ4v) is 2.48. The van der Waals surface area contributed by atoms with E-state index < -0.39 is 11.8 Å². The zero-order valence-corrected chi connectivity index (χ0v) is 11.1. The highest BCUT2D eigenvalue weighted by molar-refractivity contribution is 7.99. The van der Waals surface area contributed by atoms with Crippen molar-refractivity contribution in [3.05, 3.63) is 24.0 Å². The first-order valence-corrected chi connectivity index (χ1v) is 6.60. The molecule has 1 aromatic heterocycles. The molecule has 102 valence electrons. The number of imidazole rings is 1. The van der Waals surface area contributed by atoms with Crippen LogP contribution in [0.25, 0.3) is 11.0 Å². The first kappa shape index (κ1) is 13.8. The van der Waals surface area contributed by atoms with E-state index in [9.17, 15) is 9.18 Å². The van der Waals surface area contributed by atoms with Crippen LogP contribution in [0, 0.1) is 5.82 Å². The van der Waals surface area contributed by atoms with Crippen molar-refractivity contribution in [2.45, 2.75) is 11.7 Å². The molecule has 0 atom stereocenters. The van der Waals surface area contributed by atoms with Gasteiger partial charge in [0.2, 0.25) is 0 Å². The summed E-state index contributed by atoms with van der Waals surface area (Å²) >= 11 is 1.07. The summed E-state index contributed by atoms with van der Waals surface area (Å²) in [6.45, 7) is 0.945. The molecular formula is C12H13FN2O3S. The third-order valence-electron chi connectivity index (χ3n) is 2.54. The summed E-state index contributed by atoms with van der Waals surface area (Å²) in [5, 5.41) is 9.20. The summed E-state index contributed by atoms with van der Waals surface area (Å²) in [5.41, 5.74) is 0.899. The van der Waals surface area contributed by atoms with Gasteiger partial charge in [0.15, 0.2) is 11.0 Å². The number of nitrogens with zero attached hydrogens (tertiary/aromatic N) is 2. The molecule has 19 heavy (non-hydrogen) atoms. The molecule has 0 bridgehead atoms. The zero-order valence-electron chi connectivity index (χ0n) is 10.3. The largest absolute Gasteiger partial charge is 0.481 e. The van der Waals surface area contributed by atoms with Crippen LogP contribution in [0.4, 0.5) is 4.39 Å². The summed E-state index contributed by atoms with van der Waals surface area (Å²) in [6, 6.07) is 4.70. The summed E-state index contributed by atoms with van der Waals surface area (Å²) in [7, 11) is 1.57. The molecule has 0 aliphatic rings. The molecule has 0 saturated carbocycles. The van der Waals surface area contributed by atoms with E-state index in [1.807, 2.05) is 0 Å².